The van der Waals surface area contributed by atoms with E-state index in [0.717, 1.165) is 17.0 Å². The third kappa shape index (κ3) is 2.39. The molecule has 7 heteroatoms. The molecule has 118 valence electrons. The summed E-state index contributed by atoms with van der Waals surface area (Å²) in [6, 6.07) is 4.58. The number of carbonyl (C=O) groups is 1. The number of amides is 1. The minimum absolute atomic E-state index is 0.237. The number of nitrogens with zero attached hydrogens (tertiary/aromatic N) is 4. The van der Waals surface area contributed by atoms with Crippen LogP contribution in [0.5, 0.6) is 0 Å². The van der Waals surface area contributed by atoms with Crippen molar-refractivity contribution >= 4 is 29.1 Å². The number of carbonyl (C=O) groups excluding carboxylic acids is 1. The second-order valence-corrected chi connectivity index (χ2v) is 6.43. The highest BCUT2D eigenvalue weighted by atomic mass is 35.5. The molecule has 23 heavy (non-hydrogen) atoms. The molecule has 1 aliphatic heterocycles. The average Bonchev–Trinajstić information content (AvgIpc) is 2.89. The fourth-order valence-electron chi connectivity index (χ4n) is 2.98. The van der Waals surface area contributed by atoms with Crippen molar-refractivity contribution in [2.75, 3.05) is 0 Å². The van der Waals surface area contributed by atoms with Crippen molar-refractivity contribution in [3.63, 3.8) is 0 Å². The Balaban J connectivity index is 2.07. The number of rotatable bonds is 2. The maximum Gasteiger partial charge on any atom is 0.256 e. The van der Waals surface area contributed by atoms with E-state index >= 15 is 0 Å². The first-order valence-electron chi connectivity index (χ1n) is 7.03. The van der Waals surface area contributed by atoms with Gasteiger partial charge in [0.25, 0.3) is 5.91 Å². The van der Waals surface area contributed by atoms with Gasteiger partial charge in [-0.15, -0.1) is 0 Å². The van der Waals surface area contributed by atoms with Crippen LogP contribution in [0, 0.1) is 25.2 Å². The summed E-state index contributed by atoms with van der Waals surface area (Å²) in [6.07, 6.45) is 0. The van der Waals surface area contributed by atoms with E-state index in [9.17, 15) is 10.1 Å². The largest absolute Gasteiger partial charge is 0.314 e. The van der Waals surface area contributed by atoms with Gasteiger partial charge in [0.1, 0.15) is 6.04 Å². The minimum atomic E-state index is -0.721. The molecule has 0 saturated heterocycles. The number of hydrogen-bond donors (Lipinski definition) is 0. The molecule has 0 aliphatic carbocycles. The lowest BCUT2D eigenvalue weighted by molar-refractivity contribution is 0.0744. The fraction of sp³-hybridized carbons (Fsp3) is 0.312. The summed E-state index contributed by atoms with van der Waals surface area (Å²) in [4.78, 5) is 14.3. The van der Waals surface area contributed by atoms with Crippen LogP contribution in [0.1, 0.15) is 38.9 Å². The lowest BCUT2D eigenvalue weighted by atomic mass is 10.1. The highest BCUT2D eigenvalue weighted by Gasteiger charge is 2.39. The molecule has 1 atom stereocenters. The van der Waals surface area contributed by atoms with Crippen molar-refractivity contribution in [3.05, 3.63) is 50.3 Å². The molecular formula is C16H14Cl2N4O. The Bertz CT molecular complexity index is 866. The summed E-state index contributed by atoms with van der Waals surface area (Å²) in [6.45, 7) is 4.14. The van der Waals surface area contributed by atoms with E-state index in [0.29, 0.717) is 27.7 Å². The molecule has 0 bridgehead atoms. The number of halogens is 2. The quantitative estimate of drug-likeness (QED) is 0.833. The van der Waals surface area contributed by atoms with Crippen LogP contribution in [0.2, 0.25) is 10.0 Å². The van der Waals surface area contributed by atoms with E-state index in [1.165, 1.54) is 4.90 Å². The SMILES string of the molecule is Cc1nn(C)c(C)c1CN1C(=O)c2cc(Cl)cc(Cl)c2C1C#N. The first-order valence-corrected chi connectivity index (χ1v) is 7.79. The minimum Gasteiger partial charge on any atom is -0.314 e. The van der Waals surface area contributed by atoms with Crippen molar-refractivity contribution in [3.8, 4) is 6.07 Å². The summed E-state index contributed by atoms with van der Waals surface area (Å²) >= 11 is 12.2. The molecule has 1 aromatic heterocycles. The van der Waals surface area contributed by atoms with Gasteiger partial charge in [-0.2, -0.15) is 10.4 Å². The topological polar surface area (TPSA) is 61.9 Å². The van der Waals surface area contributed by atoms with Crippen LogP contribution in [-0.4, -0.2) is 20.6 Å². The van der Waals surface area contributed by atoms with Gasteiger partial charge in [0.15, 0.2) is 0 Å². The first kappa shape index (κ1) is 15.9. The molecule has 2 aromatic rings. The van der Waals surface area contributed by atoms with Gasteiger partial charge in [-0.3, -0.25) is 9.48 Å². The molecule has 2 heterocycles. The number of fused-ring (bicyclic) bond motifs is 1. The van der Waals surface area contributed by atoms with Crippen LogP contribution in [-0.2, 0) is 13.6 Å². The Hall–Kier alpha value is -2.03. The number of aromatic nitrogens is 2. The third-order valence-electron chi connectivity index (χ3n) is 4.28. The monoisotopic (exact) mass is 348 g/mol. The molecule has 1 amide bonds. The van der Waals surface area contributed by atoms with Gasteiger partial charge < -0.3 is 4.90 Å². The molecule has 0 N–H and O–H groups in total. The fourth-order valence-corrected chi connectivity index (χ4v) is 3.58. The summed E-state index contributed by atoms with van der Waals surface area (Å²) in [5, 5.41) is 14.6. The highest BCUT2D eigenvalue weighted by Crippen LogP contribution is 2.40. The maximum atomic E-state index is 12.7. The van der Waals surface area contributed by atoms with Crippen molar-refractivity contribution in [2.45, 2.75) is 26.4 Å². The van der Waals surface area contributed by atoms with Gasteiger partial charge in [-0.1, -0.05) is 23.2 Å². The van der Waals surface area contributed by atoms with Crippen molar-refractivity contribution in [1.29, 1.82) is 5.26 Å². The second-order valence-electron chi connectivity index (χ2n) is 5.59. The standard InChI is InChI=1S/C16H14Cl2N4O/c1-8-12(9(2)21(3)20-8)7-22-14(6-19)15-11(16(22)23)4-10(17)5-13(15)18/h4-5,14H,7H2,1-3H3. The number of benzene rings is 1. The predicted octanol–water partition coefficient (Wildman–Crippen LogP) is 3.56. The Morgan fingerprint density at radius 2 is 2.04 bits per heavy atom. The van der Waals surface area contributed by atoms with Crippen molar-refractivity contribution in [1.82, 2.24) is 14.7 Å². The lowest BCUT2D eigenvalue weighted by Gasteiger charge is -2.20. The van der Waals surface area contributed by atoms with Crippen LogP contribution in [0.25, 0.3) is 0 Å². The van der Waals surface area contributed by atoms with E-state index in [1.54, 1.807) is 16.8 Å². The Labute approximate surface area is 144 Å². The molecule has 5 nitrogen and oxygen atoms in total. The maximum absolute atomic E-state index is 12.7. The van der Waals surface area contributed by atoms with Crippen LogP contribution in [0.4, 0.5) is 0 Å². The molecule has 0 radical (unpaired) electrons. The number of aryl methyl sites for hydroxylation is 2. The van der Waals surface area contributed by atoms with Gasteiger partial charge in [0, 0.05) is 39.5 Å². The molecular weight excluding hydrogens is 335 g/mol. The smallest absolute Gasteiger partial charge is 0.256 e. The second kappa shape index (κ2) is 5.55. The van der Waals surface area contributed by atoms with E-state index in [4.69, 9.17) is 23.2 Å². The van der Waals surface area contributed by atoms with Gasteiger partial charge >= 0.3 is 0 Å². The predicted molar refractivity (Wildman–Crippen MR) is 87.4 cm³/mol. The van der Waals surface area contributed by atoms with Crippen molar-refractivity contribution in [2.24, 2.45) is 7.05 Å². The molecule has 3 rings (SSSR count). The van der Waals surface area contributed by atoms with E-state index in [-0.39, 0.29) is 5.91 Å². The zero-order chi connectivity index (χ0) is 16.9. The normalized spacial score (nSPS) is 16.6. The summed E-state index contributed by atoms with van der Waals surface area (Å²) < 4.78 is 1.77. The molecule has 1 unspecified atom stereocenters. The van der Waals surface area contributed by atoms with Crippen LogP contribution >= 0.6 is 23.2 Å². The van der Waals surface area contributed by atoms with Crippen LogP contribution in [0.15, 0.2) is 12.1 Å². The van der Waals surface area contributed by atoms with Crippen LogP contribution in [0.3, 0.4) is 0 Å². The van der Waals surface area contributed by atoms with Crippen LogP contribution < -0.4 is 0 Å². The van der Waals surface area contributed by atoms with E-state index in [2.05, 4.69) is 11.2 Å². The van der Waals surface area contributed by atoms with Gasteiger partial charge in [-0.05, 0) is 26.0 Å². The zero-order valence-corrected chi connectivity index (χ0v) is 14.4. The number of nitriles is 1. The van der Waals surface area contributed by atoms with Gasteiger partial charge in [0.2, 0.25) is 0 Å². The van der Waals surface area contributed by atoms with E-state index < -0.39 is 6.04 Å². The molecule has 0 spiro atoms. The van der Waals surface area contributed by atoms with Gasteiger partial charge in [-0.25, -0.2) is 0 Å². The summed E-state index contributed by atoms with van der Waals surface area (Å²) in [7, 11) is 1.85. The lowest BCUT2D eigenvalue weighted by Crippen LogP contribution is -2.27. The van der Waals surface area contributed by atoms with Crippen molar-refractivity contribution < 1.29 is 4.79 Å². The Morgan fingerprint density at radius 3 is 2.61 bits per heavy atom. The Morgan fingerprint density at radius 1 is 1.35 bits per heavy atom. The molecule has 0 saturated carbocycles. The first-order chi connectivity index (χ1) is 10.8. The zero-order valence-electron chi connectivity index (χ0n) is 12.9. The number of hydrogen-bond acceptors (Lipinski definition) is 3. The summed E-state index contributed by atoms with van der Waals surface area (Å²) in [5.41, 5.74) is 3.67. The van der Waals surface area contributed by atoms with E-state index in [1.807, 2.05) is 20.9 Å². The van der Waals surface area contributed by atoms with Gasteiger partial charge in [0.05, 0.1) is 18.3 Å². The third-order valence-corrected chi connectivity index (χ3v) is 4.81. The highest BCUT2D eigenvalue weighted by molar-refractivity contribution is 6.36. The molecule has 0 fully saturated rings. The average molecular weight is 349 g/mol. The molecule has 1 aliphatic rings. The Kier molecular flexibility index (Phi) is 3.83. The summed E-state index contributed by atoms with van der Waals surface area (Å²) in [5.74, 6) is -0.237. The molecule has 1 aromatic carbocycles.